The predicted octanol–water partition coefficient (Wildman–Crippen LogP) is 6.55. The van der Waals surface area contributed by atoms with E-state index in [-0.39, 0.29) is 5.41 Å². The molecule has 26 heavy (non-hydrogen) atoms. The van der Waals surface area contributed by atoms with Crippen LogP contribution in [-0.2, 0) is 11.8 Å². The molecule has 2 heteroatoms. The van der Waals surface area contributed by atoms with Gasteiger partial charge in [0.15, 0.2) is 0 Å². The van der Waals surface area contributed by atoms with Gasteiger partial charge in [-0.15, -0.1) is 0 Å². The molecule has 0 aromatic heterocycles. The Morgan fingerprint density at radius 3 is 2.69 bits per heavy atom. The second-order valence-electron chi connectivity index (χ2n) is 8.99. The van der Waals surface area contributed by atoms with Crippen LogP contribution in [0, 0.1) is 5.92 Å². The molecule has 2 aromatic carbocycles. The van der Waals surface area contributed by atoms with E-state index in [1.807, 2.05) is 6.07 Å². The predicted molar refractivity (Wildman–Crippen MR) is 108 cm³/mol. The molecule has 0 amide bonds. The van der Waals surface area contributed by atoms with Crippen LogP contribution in [-0.4, -0.2) is 10.2 Å². The van der Waals surface area contributed by atoms with E-state index in [4.69, 9.17) is 0 Å². The van der Waals surface area contributed by atoms with E-state index in [1.165, 1.54) is 31.2 Å². The van der Waals surface area contributed by atoms with Gasteiger partial charge in [0, 0.05) is 21.9 Å². The molecule has 2 nitrogen and oxygen atoms in total. The molecule has 0 saturated heterocycles. The summed E-state index contributed by atoms with van der Waals surface area (Å²) in [5.41, 5.74) is 3.39. The summed E-state index contributed by atoms with van der Waals surface area (Å²) in [6.07, 6.45) is 9.38. The maximum absolute atomic E-state index is 11.1. The highest BCUT2D eigenvalue weighted by Crippen LogP contribution is 2.63. The molecule has 4 rings (SSSR count). The fourth-order valence-electron chi connectivity index (χ4n) is 5.65. The maximum atomic E-state index is 11.1. The molecule has 1 saturated carbocycles. The van der Waals surface area contributed by atoms with Gasteiger partial charge in [-0.25, -0.2) is 0 Å². The first-order valence-electron chi connectivity index (χ1n) is 10.5. The van der Waals surface area contributed by atoms with Gasteiger partial charge >= 0.3 is 0 Å². The zero-order valence-corrected chi connectivity index (χ0v) is 16.4. The van der Waals surface area contributed by atoms with Gasteiger partial charge in [-0.2, -0.15) is 0 Å². The van der Waals surface area contributed by atoms with Crippen molar-refractivity contribution in [2.24, 2.45) is 5.92 Å². The Labute approximate surface area is 157 Å². The van der Waals surface area contributed by atoms with Crippen LogP contribution in [0.2, 0.25) is 0 Å². The van der Waals surface area contributed by atoms with Crippen molar-refractivity contribution in [3.8, 4) is 11.5 Å². The molecule has 0 heterocycles. The lowest BCUT2D eigenvalue weighted by Gasteiger charge is -2.27. The molecule has 2 aliphatic rings. The lowest BCUT2D eigenvalue weighted by Crippen LogP contribution is -2.16. The number of benzene rings is 2. The number of hydrogen-bond acceptors (Lipinski definition) is 2. The van der Waals surface area contributed by atoms with Crippen LogP contribution in [0.3, 0.4) is 0 Å². The van der Waals surface area contributed by atoms with Gasteiger partial charge < -0.3 is 10.2 Å². The average molecular weight is 353 g/mol. The molecule has 2 aromatic rings. The van der Waals surface area contributed by atoms with Crippen molar-refractivity contribution in [3.63, 3.8) is 0 Å². The van der Waals surface area contributed by atoms with Crippen molar-refractivity contribution >= 4 is 10.8 Å². The molecule has 2 bridgehead atoms. The zero-order chi connectivity index (χ0) is 18.5. The van der Waals surface area contributed by atoms with Gasteiger partial charge in [0.05, 0.1) is 0 Å². The normalized spacial score (nSPS) is 25.0. The first-order chi connectivity index (χ1) is 12.5. The Kier molecular flexibility index (Phi) is 4.41. The van der Waals surface area contributed by atoms with Crippen molar-refractivity contribution in [1.29, 1.82) is 0 Å². The van der Waals surface area contributed by atoms with Gasteiger partial charge in [-0.3, -0.25) is 0 Å². The highest BCUT2D eigenvalue weighted by atomic mass is 16.3. The van der Waals surface area contributed by atoms with Crippen molar-refractivity contribution in [2.75, 3.05) is 0 Å². The third-order valence-corrected chi connectivity index (χ3v) is 7.18. The number of phenols is 2. The number of rotatable bonds is 6. The second kappa shape index (κ2) is 6.48. The molecule has 1 fully saturated rings. The van der Waals surface area contributed by atoms with Crippen LogP contribution >= 0.6 is 0 Å². The summed E-state index contributed by atoms with van der Waals surface area (Å²) in [5, 5.41) is 23.8. The van der Waals surface area contributed by atoms with Crippen LogP contribution < -0.4 is 0 Å². The molecule has 3 atom stereocenters. The van der Waals surface area contributed by atoms with Crippen molar-refractivity contribution in [2.45, 2.75) is 83.5 Å². The summed E-state index contributed by atoms with van der Waals surface area (Å²) in [4.78, 5) is 0. The molecule has 3 unspecified atom stereocenters. The number of aromatic hydroxyl groups is 2. The van der Waals surface area contributed by atoms with Crippen LogP contribution in [0.4, 0.5) is 0 Å². The van der Waals surface area contributed by atoms with E-state index in [9.17, 15) is 10.2 Å². The smallest absolute Gasteiger partial charge is 0.127 e. The lowest BCUT2D eigenvalue weighted by atomic mass is 9.78. The monoisotopic (exact) mass is 352 g/mol. The van der Waals surface area contributed by atoms with Gasteiger partial charge in [0.1, 0.15) is 11.5 Å². The van der Waals surface area contributed by atoms with Gasteiger partial charge in [0.25, 0.3) is 0 Å². The SMILES string of the molecule is CCCCC(CC)Cc1ccc2c(O)c3c(c(O)c2c1)C1CCC3(C)C1. The summed E-state index contributed by atoms with van der Waals surface area (Å²) < 4.78 is 0. The quantitative estimate of drug-likeness (QED) is 0.579. The van der Waals surface area contributed by atoms with E-state index in [0.29, 0.717) is 23.3 Å². The van der Waals surface area contributed by atoms with Crippen LogP contribution in [0.15, 0.2) is 18.2 Å². The Morgan fingerprint density at radius 1 is 1.15 bits per heavy atom. The zero-order valence-electron chi connectivity index (χ0n) is 16.4. The van der Waals surface area contributed by atoms with Crippen molar-refractivity contribution < 1.29 is 10.2 Å². The summed E-state index contributed by atoms with van der Waals surface area (Å²) in [6.45, 7) is 6.77. The first-order valence-corrected chi connectivity index (χ1v) is 10.5. The molecule has 0 aliphatic heterocycles. The molecule has 2 aliphatic carbocycles. The average Bonchev–Trinajstić information content (AvgIpc) is 3.17. The highest BCUT2D eigenvalue weighted by molar-refractivity contribution is 5.97. The Morgan fingerprint density at radius 2 is 1.96 bits per heavy atom. The topological polar surface area (TPSA) is 40.5 Å². The molecule has 140 valence electrons. The number of fused-ring (bicyclic) bond motifs is 6. The first kappa shape index (κ1) is 17.7. The lowest BCUT2D eigenvalue weighted by molar-refractivity contribution is 0.427. The highest BCUT2D eigenvalue weighted by Gasteiger charge is 2.49. The fraction of sp³-hybridized carbons (Fsp3) is 0.583. The maximum Gasteiger partial charge on any atom is 0.127 e. The minimum Gasteiger partial charge on any atom is -0.507 e. The third-order valence-electron chi connectivity index (χ3n) is 7.18. The number of phenolic OH excluding ortho intramolecular Hbond substituents is 2. The summed E-state index contributed by atoms with van der Waals surface area (Å²) in [5.74, 6) is 1.97. The van der Waals surface area contributed by atoms with Gasteiger partial charge in [-0.05, 0) is 54.6 Å². The molecule has 0 radical (unpaired) electrons. The Balaban J connectivity index is 1.76. The second-order valence-corrected chi connectivity index (χ2v) is 8.99. The third kappa shape index (κ3) is 2.61. The summed E-state index contributed by atoms with van der Waals surface area (Å²) in [7, 11) is 0. The number of hydrogen-bond donors (Lipinski definition) is 2. The Hall–Kier alpha value is -1.70. The van der Waals surface area contributed by atoms with Crippen molar-refractivity contribution in [3.05, 3.63) is 34.9 Å². The number of unbranched alkanes of at least 4 members (excludes halogenated alkanes) is 1. The largest absolute Gasteiger partial charge is 0.507 e. The van der Waals surface area contributed by atoms with E-state index in [1.54, 1.807) is 0 Å². The molecular formula is C24H32O2. The van der Waals surface area contributed by atoms with E-state index in [2.05, 4.69) is 32.9 Å². The van der Waals surface area contributed by atoms with Crippen LogP contribution in [0.1, 0.15) is 88.3 Å². The van der Waals surface area contributed by atoms with E-state index < -0.39 is 0 Å². The minimum atomic E-state index is 0.0435. The van der Waals surface area contributed by atoms with Crippen LogP contribution in [0.25, 0.3) is 10.8 Å². The fourth-order valence-corrected chi connectivity index (χ4v) is 5.65. The standard InChI is InChI=1S/C24H32O2/c1-4-6-7-15(5-2)12-16-8-9-18-19(13-16)22(25)20-17-10-11-24(3,14-17)21(20)23(18)26/h8-9,13,15,17,25-26H,4-7,10-12,14H2,1-3H3. The summed E-state index contributed by atoms with van der Waals surface area (Å²) >= 11 is 0. The molecule has 2 N–H and O–H groups in total. The summed E-state index contributed by atoms with van der Waals surface area (Å²) in [6, 6.07) is 6.31. The Bertz CT molecular complexity index is 838. The van der Waals surface area contributed by atoms with E-state index in [0.717, 1.165) is 47.6 Å². The molecular weight excluding hydrogens is 320 g/mol. The van der Waals surface area contributed by atoms with Crippen molar-refractivity contribution in [1.82, 2.24) is 0 Å². The van der Waals surface area contributed by atoms with Gasteiger partial charge in [-0.1, -0.05) is 58.6 Å². The van der Waals surface area contributed by atoms with Crippen LogP contribution in [0.5, 0.6) is 11.5 Å². The minimum absolute atomic E-state index is 0.0435. The molecule has 0 spiro atoms. The van der Waals surface area contributed by atoms with E-state index >= 15 is 0 Å². The van der Waals surface area contributed by atoms with Gasteiger partial charge in [0.2, 0.25) is 0 Å².